The Balaban J connectivity index is 1.28. The van der Waals surface area contributed by atoms with Crippen molar-refractivity contribution < 1.29 is 0 Å². The zero-order valence-electron chi connectivity index (χ0n) is 22.2. The molecule has 0 aliphatic heterocycles. The lowest BCUT2D eigenvalue weighted by Crippen LogP contribution is -1.82. The van der Waals surface area contributed by atoms with Gasteiger partial charge in [-0.25, -0.2) is 0 Å². The summed E-state index contributed by atoms with van der Waals surface area (Å²) in [6.07, 6.45) is 7.02. The van der Waals surface area contributed by atoms with Crippen LogP contribution in [0.25, 0.3) is 0 Å². The molecular weight excluding hydrogens is 468 g/mol. The molecule has 0 heterocycles. The fourth-order valence-corrected chi connectivity index (χ4v) is 3.74. The van der Waals surface area contributed by atoms with Crippen molar-refractivity contribution in [3.8, 4) is 0 Å². The van der Waals surface area contributed by atoms with Gasteiger partial charge in [-0.2, -0.15) is 30.7 Å². The molecule has 0 aliphatic rings. The predicted octanol–water partition coefficient (Wildman–Crippen LogP) is 11.6. The highest BCUT2D eigenvalue weighted by Crippen LogP contribution is 2.26. The van der Waals surface area contributed by atoms with Gasteiger partial charge in [0.1, 0.15) is 0 Å². The molecule has 4 aromatic rings. The molecule has 4 rings (SSSR count). The summed E-state index contributed by atoms with van der Waals surface area (Å²) < 4.78 is 0. The summed E-state index contributed by atoms with van der Waals surface area (Å²) in [4.78, 5) is 0. The fourth-order valence-electron chi connectivity index (χ4n) is 3.74. The molecule has 0 N–H and O–H groups in total. The van der Waals surface area contributed by atoms with E-state index in [-0.39, 0.29) is 0 Å². The Kier molecular flexibility index (Phi) is 10.2. The summed E-state index contributed by atoms with van der Waals surface area (Å²) in [5, 5.41) is 26.0. The number of azo groups is 3. The van der Waals surface area contributed by atoms with Crippen molar-refractivity contribution in [2.24, 2.45) is 30.7 Å². The highest BCUT2D eigenvalue weighted by Gasteiger charge is 1.98. The Morgan fingerprint density at radius 1 is 0.342 bits per heavy atom. The van der Waals surface area contributed by atoms with E-state index in [1.165, 1.54) is 36.8 Å². The van der Waals surface area contributed by atoms with E-state index in [0.717, 1.165) is 47.0 Å². The van der Waals surface area contributed by atoms with Crippen molar-refractivity contribution in [3.05, 3.63) is 108 Å². The van der Waals surface area contributed by atoms with Gasteiger partial charge in [0.2, 0.25) is 0 Å². The maximum atomic E-state index is 4.33. The van der Waals surface area contributed by atoms with E-state index in [2.05, 4.69) is 68.8 Å². The van der Waals surface area contributed by atoms with E-state index in [1.54, 1.807) is 0 Å². The van der Waals surface area contributed by atoms with Crippen LogP contribution < -0.4 is 0 Å². The minimum Gasteiger partial charge on any atom is -0.151 e. The number of benzene rings is 4. The Labute approximate surface area is 225 Å². The molecule has 192 valence electrons. The van der Waals surface area contributed by atoms with Gasteiger partial charge in [0.25, 0.3) is 0 Å². The van der Waals surface area contributed by atoms with Gasteiger partial charge in [0.15, 0.2) is 0 Å². The van der Waals surface area contributed by atoms with Gasteiger partial charge >= 0.3 is 0 Å². The van der Waals surface area contributed by atoms with Crippen molar-refractivity contribution in [1.82, 2.24) is 0 Å². The van der Waals surface area contributed by atoms with E-state index in [1.807, 2.05) is 72.8 Å². The van der Waals surface area contributed by atoms with Gasteiger partial charge in [0.05, 0.1) is 34.1 Å². The van der Waals surface area contributed by atoms with Gasteiger partial charge < -0.3 is 0 Å². The van der Waals surface area contributed by atoms with Crippen molar-refractivity contribution in [3.63, 3.8) is 0 Å². The molecule has 38 heavy (non-hydrogen) atoms. The highest BCUT2D eigenvalue weighted by atomic mass is 15.1. The van der Waals surface area contributed by atoms with Crippen LogP contribution in [0.5, 0.6) is 0 Å². The first kappa shape index (κ1) is 26.7. The Bertz CT molecular complexity index is 1230. The lowest BCUT2D eigenvalue weighted by Gasteiger charge is -2.00. The normalized spacial score (nSPS) is 11.7. The zero-order valence-corrected chi connectivity index (χ0v) is 22.2. The first-order chi connectivity index (χ1) is 18.7. The molecule has 0 atom stereocenters. The van der Waals surface area contributed by atoms with E-state index >= 15 is 0 Å². The molecule has 6 nitrogen and oxygen atoms in total. The van der Waals surface area contributed by atoms with Crippen LogP contribution in [0, 0.1) is 0 Å². The van der Waals surface area contributed by atoms with E-state index in [0.29, 0.717) is 0 Å². The second kappa shape index (κ2) is 14.4. The molecular formula is C32H34N6. The summed E-state index contributed by atoms with van der Waals surface area (Å²) in [5.74, 6) is 0. The third-order valence-corrected chi connectivity index (χ3v) is 6.05. The third kappa shape index (κ3) is 8.66. The Hall–Kier alpha value is -4.32. The van der Waals surface area contributed by atoms with Crippen LogP contribution in [0.1, 0.15) is 50.7 Å². The first-order valence-corrected chi connectivity index (χ1v) is 13.3. The van der Waals surface area contributed by atoms with E-state index in [4.69, 9.17) is 0 Å². The SMILES string of the molecule is CCCCc1ccc(N=Nc2ccc(N=Nc3ccc(N=Nc4ccc(CCCC)cc4)cc3)cc2)cc1. The van der Waals surface area contributed by atoms with Crippen LogP contribution in [0.15, 0.2) is 128 Å². The predicted molar refractivity (Wildman–Crippen MR) is 156 cm³/mol. The van der Waals surface area contributed by atoms with Gasteiger partial charge in [-0.05, 0) is 110 Å². The van der Waals surface area contributed by atoms with E-state index < -0.39 is 0 Å². The quantitative estimate of drug-likeness (QED) is 0.173. The first-order valence-electron chi connectivity index (χ1n) is 13.3. The summed E-state index contributed by atoms with van der Waals surface area (Å²) in [5.41, 5.74) is 7.39. The minimum absolute atomic E-state index is 0.746. The molecule has 0 saturated heterocycles. The number of hydrogen-bond acceptors (Lipinski definition) is 6. The van der Waals surface area contributed by atoms with Crippen LogP contribution in [0.4, 0.5) is 34.1 Å². The summed E-state index contributed by atoms with van der Waals surface area (Å²) in [6.45, 7) is 4.41. The van der Waals surface area contributed by atoms with Crippen LogP contribution >= 0.6 is 0 Å². The second-order valence-corrected chi connectivity index (χ2v) is 9.17. The van der Waals surface area contributed by atoms with Crippen LogP contribution in [-0.2, 0) is 12.8 Å². The van der Waals surface area contributed by atoms with Crippen molar-refractivity contribution in [1.29, 1.82) is 0 Å². The van der Waals surface area contributed by atoms with Crippen LogP contribution in [0.3, 0.4) is 0 Å². The maximum Gasteiger partial charge on any atom is 0.0858 e. The topological polar surface area (TPSA) is 74.2 Å². The molecule has 0 bridgehead atoms. The maximum absolute atomic E-state index is 4.33. The summed E-state index contributed by atoms with van der Waals surface area (Å²) in [6, 6.07) is 31.6. The molecule has 0 radical (unpaired) electrons. The summed E-state index contributed by atoms with van der Waals surface area (Å²) in [7, 11) is 0. The number of aryl methyl sites for hydroxylation is 2. The van der Waals surface area contributed by atoms with Gasteiger partial charge in [0, 0.05) is 0 Å². The van der Waals surface area contributed by atoms with Gasteiger partial charge in [-0.15, -0.1) is 0 Å². The average Bonchev–Trinajstić information content (AvgIpc) is 2.98. The van der Waals surface area contributed by atoms with Crippen LogP contribution in [0.2, 0.25) is 0 Å². The van der Waals surface area contributed by atoms with Crippen molar-refractivity contribution in [2.75, 3.05) is 0 Å². The largest absolute Gasteiger partial charge is 0.151 e. The minimum atomic E-state index is 0.746. The molecule has 0 spiro atoms. The molecule has 0 saturated carbocycles. The van der Waals surface area contributed by atoms with Gasteiger partial charge in [-0.1, -0.05) is 51.0 Å². The molecule has 6 heteroatoms. The van der Waals surface area contributed by atoms with Crippen LogP contribution in [-0.4, -0.2) is 0 Å². The zero-order chi connectivity index (χ0) is 26.4. The fraction of sp³-hybridized carbons (Fsp3) is 0.250. The lowest BCUT2D eigenvalue weighted by molar-refractivity contribution is 0.795. The smallest absolute Gasteiger partial charge is 0.0858 e. The highest BCUT2D eigenvalue weighted by molar-refractivity contribution is 5.50. The number of unbranched alkanes of at least 4 members (excludes halogenated alkanes) is 2. The van der Waals surface area contributed by atoms with Crippen molar-refractivity contribution >= 4 is 34.1 Å². The second-order valence-electron chi connectivity index (χ2n) is 9.17. The molecule has 4 aromatic carbocycles. The van der Waals surface area contributed by atoms with Crippen molar-refractivity contribution in [2.45, 2.75) is 52.4 Å². The Morgan fingerprint density at radius 2 is 0.553 bits per heavy atom. The molecule has 0 amide bonds. The number of hydrogen-bond donors (Lipinski definition) is 0. The lowest BCUT2D eigenvalue weighted by atomic mass is 10.1. The average molecular weight is 503 g/mol. The van der Waals surface area contributed by atoms with Gasteiger partial charge in [-0.3, -0.25) is 0 Å². The van der Waals surface area contributed by atoms with E-state index in [9.17, 15) is 0 Å². The summed E-state index contributed by atoms with van der Waals surface area (Å²) >= 11 is 0. The molecule has 0 unspecified atom stereocenters. The standard InChI is InChI=1S/C32H34N6/c1-3-5-7-25-9-13-27(14-10-25)33-35-29-17-21-31(22-18-29)37-38-32-23-19-30(20-24-32)36-34-28-15-11-26(12-16-28)8-6-4-2/h9-24H,3-8H2,1-2H3. The molecule has 0 aromatic heterocycles. The molecule has 0 aliphatic carbocycles. The Morgan fingerprint density at radius 3 is 0.763 bits per heavy atom. The molecule has 0 fully saturated rings. The third-order valence-electron chi connectivity index (χ3n) is 6.05. The monoisotopic (exact) mass is 502 g/mol. The number of rotatable bonds is 12. The number of nitrogens with zero attached hydrogens (tertiary/aromatic N) is 6.